The van der Waals surface area contributed by atoms with E-state index in [1.807, 2.05) is 11.8 Å². The van der Waals surface area contributed by atoms with Gasteiger partial charge in [0.1, 0.15) is 0 Å². The Hall–Kier alpha value is -6.03. The fourth-order valence-corrected chi connectivity index (χ4v) is 9.40. The normalized spacial score (nSPS) is 12.4. The van der Waals surface area contributed by atoms with Crippen LogP contribution in [0.2, 0.25) is 0 Å². The van der Waals surface area contributed by atoms with E-state index in [4.69, 9.17) is 0 Å². The van der Waals surface area contributed by atoms with Gasteiger partial charge in [-0.15, -0.1) is 0 Å². The van der Waals surface area contributed by atoms with Gasteiger partial charge in [0.2, 0.25) is 0 Å². The minimum Gasteiger partial charge on any atom is -0.309 e. The van der Waals surface area contributed by atoms with Crippen molar-refractivity contribution in [2.75, 3.05) is 0 Å². The summed E-state index contributed by atoms with van der Waals surface area (Å²) in [4.78, 5) is 2.60. The third-order valence-electron chi connectivity index (χ3n) is 10.3. The lowest BCUT2D eigenvalue weighted by Gasteiger charge is -2.22. The van der Waals surface area contributed by atoms with E-state index in [2.05, 4.69) is 179 Å². The van der Waals surface area contributed by atoms with Crippen LogP contribution in [0.15, 0.2) is 180 Å². The largest absolute Gasteiger partial charge is 0.309 e. The summed E-state index contributed by atoms with van der Waals surface area (Å²) >= 11 is 1.90. The molecule has 0 bridgehead atoms. The first kappa shape index (κ1) is 27.0. The average Bonchev–Trinajstić information content (AvgIpc) is 3.68. The maximum Gasteiger partial charge on any atom is 0.0558 e. The Kier molecular flexibility index (Phi) is 5.63. The van der Waals surface area contributed by atoms with Gasteiger partial charge in [0.05, 0.1) is 22.1 Å². The van der Waals surface area contributed by atoms with Crippen LogP contribution >= 0.6 is 11.8 Å². The maximum atomic E-state index is 2.43. The SMILES string of the molecule is c1ccc(-n2c3ccccc3c3ccc(-c4ccc5c(c4)Sc4cc6c(c7cccc-5c47)c4ccccc4n6-c4ccccc4)cc32)cc1. The molecule has 0 atom stereocenters. The van der Waals surface area contributed by atoms with Crippen LogP contribution in [0.5, 0.6) is 0 Å². The Morgan fingerprint density at radius 2 is 0.918 bits per heavy atom. The molecule has 0 spiro atoms. The Labute approximate surface area is 287 Å². The molecule has 228 valence electrons. The van der Waals surface area contributed by atoms with E-state index in [1.165, 1.54) is 97.8 Å². The third kappa shape index (κ3) is 3.85. The van der Waals surface area contributed by atoms with Crippen LogP contribution in [0.25, 0.3) is 88.0 Å². The van der Waals surface area contributed by atoms with Gasteiger partial charge in [-0.2, -0.15) is 0 Å². The van der Waals surface area contributed by atoms with Gasteiger partial charge in [-0.3, -0.25) is 0 Å². The van der Waals surface area contributed by atoms with Gasteiger partial charge in [-0.25, -0.2) is 0 Å². The van der Waals surface area contributed by atoms with Gasteiger partial charge >= 0.3 is 0 Å². The number of benzene rings is 8. The Balaban J connectivity index is 1.12. The molecule has 0 unspecified atom stereocenters. The molecule has 0 fully saturated rings. The Morgan fingerprint density at radius 1 is 0.327 bits per heavy atom. The molecule has 2 aromatic heterocycles. The smallest absolute Gasteiger partial charge is 0.0558 e. The molecule has 0 amide bonds. The van der Waals surface area contributed by atoms with Crippen molar-refractivity contribution >= 4 is 66.1 Å². The van der Waals surface area contributed by atoms with Gasteiger partial charge < -0.3 is 9.13 Å². The number of hydrogen-bond acceptors (Lipinski definition) is 1. The zero-order chi connectivity index (χ0) is 32.1. The van der Waals surface area contributed by atoms with Gasteiger partial charge in [0.25, 0.3) is 0 Å². The van der Waals surface area contributed by atoms with Crippen molar-refractivity contribution in [3.8, 4) is 33.6 Å². The van der Waals surface area contributed by atoms with Crippen molar-refractivity contribution in [2.24, 2.45) is 0 Å². The lowest BCUT2D eigenvalue weighted by atomic mass is 9.93. The molecular weight excluding hydrogens is 613 g/mol. The summed E-state index contributed by atoms with van der Waals surface area (Å²) in [5.41, 5.74) is 12.4. The van der Waals surface area contributed by atoms with E-state index < -0.39 is 0 Å². The van der Waals surface area contributed by atoms with Crippen molar-refractivity contribution in [3.05, 3.63) is 170 Å². The fourth-order valence-electron chi connectivity index (χ4n) is 8.19. The van der Waals surface area contributed by atoms with E-state index in [0.29, 0.717) is 0 Å². The van der Waals surface area contributed by atoms with Crippen molar-refractivity contribution in [2.45, 2.75) is 9.79 Å². The minimum absolute atomic E-state index is 1.18. The lowest BCUT2D eigenvalue weighted by Crippen LogP contribution is -1.97. The molecule has 3 heteroatoms. The summed E-state index contributed by atoms with van der Waals surface area (Å²) in [6.45, 7) is 0. The van der Waals surface area contributed by atoms with Crippen LogP contribution in [0.1, 0.15) is 0 Å². The molecule has 1 aliphatic rings. The number of para-hydroxylation sites is 4. The topological polar surface area (TPSA) is 9.86 Å². The second kappa shape index (κ2) is 10.2. The van der Waals surface area contributed by atoms with E-state index in [9.17, 15) is 0 Å². The minimum atomic E-state index is 1.18. The summed E-state index contributed by atoms with van der Waals surface area (Å²) in [6.07, 6.45) is 0. The van der Waals surface area contributed by atoms with Crippen LogP contribution < -0.4 is 0 Å². The van der Waals surface area contributed by atoms with Gasteiger partial charge in [0.15, 0.2) is 0 Å². The van der Waals surface area contributed by atoms with Crippen LogP contribution in [0, 0.1) is 0 Å². The van der Waals surface area contributed by atoms with Crippen molar-refractivity contribution in [1.82, 2.24) is 9.13 Å². The van der Waals surface area contributed by atoms with Crippen molar-refractivity contribution in [3.63, 3.8) is 0 Å². The molecule has 11 rings (SSSR count). The monoisotopic (exact) mass is 640 g/mol. The van der Waals surface area contributed by atoms with Crippen molar-refractivity contribution < 1.29 is 0 Å². The van der Waals surface area contributed by atoms with Crippen molar-refractivity contribution in [1.29, 1.82) is 0 Å². The van der Waals surface area contributed by atoms with Gasteiger partial charge in [-0.1, -0.05) is 127 Å². The lowest BCUT2D eigenvalue weighted by molar-refractivity contribution is 1.18. The highest BCUT2D eigenvalue weighted by atomic mass is 32.2. The van der Waals surface area contributed by atoms with Crippen LogP contribution in [0.4, 0.5) is 0 Å². The molecule has 0 saturated carbocycles. The predicted molar refractivity (Wildman–Crippen MR) is 208 cm³/mol. The number of rotatable bonds is 3. The summed E-state index contributed by atoms with van der Waals surface area (Å²) in [5, 5.41) is 7.83. The Morgan fingerprint density at radius 3 is 1.69 bits per heavy atom. The first-order valence-corrected chi connectivity index (χ1v) is 17.6. The molecule has 0 radical (unpaired) electrons. The zero-order valence-electron chi connectivity index (χ0n) is 26.5. The van der Waals surface area contributed by atoms with Gasteiger partial charge in [0, 0.05) is 48.1 Å². The highest BCUT2D eigenvalue weighted by Gasteiger charge is 2.24. The molecule has 2 nitrogen and oxygen atoms in total. The molecule has 10 aromatic rings. The molecule has 0 aliphatic carbocycles. The third-order valence-corrected chi connectivity index (χ3v) is 11.4. The molecule has 0 N–H and O–H groups in total. The fraction of sp³-hybridized carbons (Fsp3) is 0. The molecule has 3 heterocycles. The number of fused-ring (bicyclic) bond motifs is 9. The van der Waals surface area contributed by atoms with Crippen LogP contribution in [0.3, 0.4) is 0 Å². The molecule has 8 aromatic carbocycles. The molecule has 1 aliphatic heterocycles. The second-order valence-corrected chi connectivity index (χ2v) is 14.0. The average molecular weight is 641 g/mol. The first-order chi connectivity index (χ1) is 24.3. The Bertz CT molecular complexity index is 2950. The zero-order valence-corrected chi connectivity index (χ0v) is 27.3. The quantitative estimate of drug-likeness (QED) is 0.187. The van der Waals surface area contributed by atoms with E-state index in [-0.39, 0.29) is 0 Å². The molecule has 0 saturated heterocycles. The van der Waals surface area contributed by atoms with Crippen LogP contribution in [-0.4, -0.2) is 9.13 Å². The summed E-state index contributed by atoms with van der Waals surface area (Å²) in [6, 6.07) is 62.3. The number of hydrogen-bond donors (Lipinski definition) is 0. The highest BCUT2D eigenvalue weighted by Crippen LogP contribution is 2.52. The predicted octanol–water partition coefficient (Wildman–Crippen LogP) is 12.8. The van der Waals surface area contributed by atoms with E-state index in [0.717, 1.165) is 0 Å². The second-order valence-electron chi connectivity index (χ2n) is 12.9. The molecule has 49 heavy (non-hydrogen) atoms. The van der Waals surface area contributed by atoms with E-state index >= 15 is 0 Å². The summed E-state index contributed by atoms with van der Waals surface area (Å²) in [5.74, 6) is 0. The first-order valence-electron chi connectivity index (χ1n) is 16.8. The standard InChI is InChI=1S/C46H28N2S/c1-3-12-31(13-4-1)47-39-20-9-7-16-33(39)34-24-22-29(26-41(34)47)30-23-25-35-36-18-11-19-38-45-37-17-8-10-21-40(37)48(32-14-5-2-6-15-32)42(45)28-44(46(36)38)49-43(35)27-30/h1-28H. The highest BCUT2D eigenvalue weighted by molar-refractivity contribution is 7.99. The number of nitrogens with zero attached hydrogens (tertiary/aromatic N) is 2. The van der Waals surface area contributed by atoms with E-state index in [1.54, 1.807) is 0 Å². The van der Waals surface area contributed by atoms with Crippen LogP contribution in [-0.2, 0) is 0 Å². The summed E-state index contributed by atoms with van der Waals surface area (Å²) < 4.78 is 4.83. The maximum absolute atomic E-state index is 2.43. The number of aromatic nitrogens is 2. The molecular formula is C46H28N2S. The summed E-state index contributed by atoms with van der Waals surface area (Å²) in [7, 11) is 0. The van der Waals surface area contributed by atoms with Gasteiger partial charge in [-0.05, 0) is 82.2 Å².